The van der Waals surface area contributed by atoms with Crippen molar-refractivity contribution >= 4 is 0 Å². The monoisotopic (exact) mass is 156 g/mol. The quantitative estimate of drug-likeness (QED) is 0.597. The van der Waals surface area contributed by atoms with E-state index in [4.69, 9.17) is 4.74 Å². The number of hydrogen-bond donors (Lipinski definition) is 0. The van der Waals surface area contributed by atoms with Crippen LogP contribution in [0.25, 0.3) is 0 Å². The Morgan fingerprint density at radius 1 is 1.00 bits per heavy atom. The van der Waals surface area contributed by atoms with Crippen LogP contribution in [0.5, 0.6) is 0 Å². The molecule has 0 bridgehead atoms. The molecule has 0 aromatic heterocycles. The molecule has 0 atom stereocenters. The number of hydrogen-bond acceptors (Lipinski definition) is 1. The lowest BCUT2D eigenvalue weighted by Crippen LogP contribution is -2.09. The van der Waals surface area contributed by atoms with Crippen molar-refractivity contribution in [2.45, 2.75) is 53.8 Å². The lowest BCUT2D eigenvalue weighted by Gasteiger charge is -2.08. The summed E-state index contributed by atoms with van der Waals surface area (Å²) in [6, 6.07) is 0. The summed E-state index contributed by atoms with van der Waals surface area (Å²) in [6.45, 7) is 13.3. The first-order chi connectivity index (χ1) is 4.80. The van der Waals surface area contributed by atoms with Crippen molar-refractivity contribution in [3.8, 4) is 0 Å². The maximum absolute atomic E-state index is 5.79. The Morgan fingerprint density at radius 3 is 1.45 bits per heavy atom. The normalized spacial score (nSPS) is 27.5. The zero-order valence-corrected chi connectivity index (χ0v) is 8.56. The van der Waals surface area contributed by atoms with Crippen molar-refractivity contribution in [3.63, 3.8) is 0 Å². The molecule has 66 valence electrons. The van der Waals surface area contributed by atoms with Gasteiger partial charge in [0.25, 0.3) is 0 Å². The summed E-state index contributed by atoms with van der Waals surface area (Å²) in [5.41, 5.74) is 0.745. The first kappa shape index (κ1) is 9.05. The summed E-state index contributed by atoms with van der Waals surface area (Å²) in [5, 5.41) is 0. The maximum Gasteiger partial charge on any atom is 0.0692 e. The third kappa shape index (κ3) is 1.20. The molecule has 0 unspecified atom stereocenters. The Morgan fingerprint density at radius 2 is 1.36 bits per heavy atom. The average Bonchev–Trinajstić information content (AvgIpc) is 2.11. The van der Waals surface area contributed by atoms with Crippen LogP contribution in [0.15, 0.2) is 0 Å². The molecule has 1 heteroatoms. The van der Waals surface area contributed by atoms with Gasteiger partial charge in [0.1, 0.15) is 0 Å². The second kappa shape index (κ2) is 2.22. The minimum atomic E-state index is 0.362. The van der Waals surface area contributed by atoms with Crippen LogP contribution in [-0.2, 0) is 4.74 Å². The second-order valence-corrected chi connectivity index (χ2v) is 5.01. The standard InChI is InChI=1S/C10H20O/c1-7(2)11-8-9(3,4)10(8,5)6/h7-8H,1-6H3. The second-order valence-electron chi connectivity index (χ2n) is 5.01. The third-order valence-corrected chi connectivity index (χ3v) is 3.30. The largest absolute Gasteiger partial charge is 0.374 e. The molecule has 1 aliphatic carbocycles. The van der Waals surface area contributed by atoms with Gasteiger partial charge in [0.05, 0.1) is 12.2 Å². The van der Waals surface area contributed by atoms with Gasteiger partial charge in [0.15, 0.2) is 0 Å². The van der Waals surface area contributed by atoms with E-state index in [1.54, 1.807) is 0 Å². The van der Waals surface area contributed by atoms with Gasteiger partial charge in [0, 0.05) is 0 Å². The molecule has 0 aromatic carbocycles. The van der Waals surface area contributed by atoms with E-state index in [0.29, 0.717) is 23.0 Å². The van der Waals surface area contributed by atoms with E-state index in [0.717, 1.165) is 0 Å². The smallest absolute Gasteiger partial charge is 0.0692 e. The van der Waals surface area contributed by atoms with Crippen molar-refractivity contribution < 1.29 is 4.74 Å². The van der Waals surface area contributed by atoms with Gasteiger partial charge < -0.3 is 4.74 Å². The van der Waals surface area contributed by atoms with Crippen molar-refractivity contribution in [2.24, 2.45) is 10.8 Å². The Hall–Kier alpha value is -0.0400. The Labute approximate surface area is 70.1 Å². The predicted molar refractivity (Wildman–Crippen MR) is 47.6 cm³/mol. The Kier molecular flexibility index (Phi) is 1.83. The molecular formula is C10H20O. The fourth-order valence-corrected chi connectivity index (χ4v) is 1.75. The summed E-state index contributed by atoms with van der Waals surface area (Å²) in [7, 11) is 0. The summed E-state index contributed by atoms with van der Waals surface area (Å²) >= 11 is 0. The van der Waals surface area contributed by atoms with E-state index in [-0.39, 0.29) is 0 Å². The molecular weight excluding hydrogens is 136 g/mol. The molecule has 1 aliphatic rings. The molecule has 1 saturated carbocycles. The lowest BCUT2D eigenvalue weighted by molar-refractivity contribution is 0.0357. The van der Waals surface area contributed by atoms with Gasteiger partial charge >= 0.3 is 0 Å². The Bertz CT molecular complexity index is 142. The molecule has 0 aromatic rings. The van der Waals surface area contributed by atoms with E-state index in [1.165, 1.54) is 0 Å². The van der Waals surface area contributed by atoms with Crippen molar-refractivity contribution in [1.82, 2.24) is 0 Å². The highest BCUT2D eigenvalue weighted by molar-refractivity contribution is 5.14. The first-order valence-corrected chi connectivity index (χ1v) is 4.45. The van der Waals surface area contributed by atoms with Crippen LogP contribution in [0.2, 0.25) is 0 Å². The highest BCUT2D eigenvalue weighted by atomic mass is 16.5. The van der Waals surface area contributed by atoms with Gasteiger partial charge in [-0.05, 0) is 24.7 Å². The van der Waals surface area contributed by atoms with Gasteiger partial charge in [-0.1, -0.05) is 27.7 Å². The Balaban J connectivity index is 2.54. The van der Waals surface area contributed by atoms with Gasteiger partial charge in [-0.3, -0.25) is 0 Å². The SMILES string of the molecule is CC(C)OC1C(C)(C)C1(C)C. The molecule has 0 heterocycles. The van der Waals surface area contributed by atoms with Gasteiger partial charge in [0.2, 0.25) is 0 Å². The maximum atomic E-state index is 5.79. The summed E-state index contributed by atoms with van der Waals surface area (Å²) in [5.74, 6) is 0. The molecule has 11 heavy (non-hydrogen) atoms. The number of ether oxygens (including phenoxy) is 1. The van der Waals surface area contributed by atoms with E-state index in [2.05, 4.69) is 41.5 Å². The van der Waals surface area contributed by atoms with Gasteiger partial charge in [-0.2, -0.15) is 0 Å². The van der Waals surface area contributed by atoms with Crippen LogP contribution >= 0.6 is 0 Å². The fourth-order valence-electron chi connectivity index (χ4n) is 1.75. The molecule has 0 spiro atoms. The van der Waals surface area contributed by atoms with Crippen LogP contribution < -0.4 is 0 Å². The zero-order chi connectivity index (χ0) is 8.86. The topological polar surface area (TPSA) is 9.23 Å². The predicted octanol–water partition coefficient (Wildman–Crippen LogP) is 2.85. The highest BCUT2D eigenvalue weighted by Gasteiger charge is 2.66. The minimum Gasteiger partial charge on any atom is -0.374 e. The van der Waals surface area contributed by atoms with Crippen LogP contribution in [0.1, 0.15) is 41.5 Å². The molecule has 0 aliphatic heterocycles. The van der Waals surface area contributed by atoms with E-state index in [1.807, 2.05) is 0 Å². The highest BCUT2D eigenvalue weighted by Crippen LogP contribution is 2.64. The van der Waals surface area contributed by atoms with Crippen molar-refractivity contribution in [3.05, 3.63) is 0 Å². The van der Waals surface area contributed by atoms with Crippen molar-refractivity contribution in [1.29, 1.82) is 0 Å². The fraction of sp³-hybridized carbons (Fsp3) is 1.00. The average molecular weight is 156 g/mol. The first-order valence-electron chi connectivity index (χ1n) is 4.45. The molecule has 0 radical (unpaired) electrons. The molecule has 0 amide bonds. The van der Waals surface area contributed by atoms with E-state index >= 15 is 0 Å². The van der Waals surface area contributed by atoms with Gasteiger partial charge in [-0.25, -0.2) is 0 Å². The molecule has 1 nitrogen and oxygen atoms in total. The molecule has 0 N–H and O–H groups in total. The third-order valence-electron chi connectivity index (χ3n) is 3.30. The lowest BCUT2D eigenvalue weighted by atomic mass is 10.0. The number of rotatable bonds is 2. The van der Waals surface area contributed by atoms with E-state index in [9.17, 15) is 0 Å². The molecule has 1 fully saturated rings. The molecule has 0 saturated heterocycles. The summed E-state index contributed by atoms with van der Waals surface area (Å²) in [6.07, 6.45) is 0.816. The van der Waals surface area contributed by atoms with Crippen LogP contribution in [0.4, 0.5) is 0 Å². The minimum absolute atomic E-state index is 0.362. The van der Waals surface area contributed by atoms with Gasteiger partial charge in [-0.15, -0.1) is 0 Å². The van der Waals surface area contributed by atoms with E-state index < -0.39 is 0 Å². The van der Waals surface area contributed by atoms with Crippen LogP contribution in [0.3, 0.4) is 0 Å². The zero-order valence-electron chi connectivity index (χ0n) is 8.56. The van der Waals surface area contributed by atoms with Crippen LogP contribution in [-0.4, -0.2) is 12.2 Å². The molecule has 1 rings (SSSR count). The summed E-state index contributed by atoms with van der Waals surface area (Å²) in [4.78, 5) is 0. The van der Waals surface area contributed by atoms with Crippen LogP contribution in [0, 0.1) is 10.8 Å². The van der Waals surface area contributed by atoms with Crippen molar-refractivity contribution in [2.75, 3.05) is 0 Å². The summed E-state index contributed by atoms with van der Waals surface area (Å²) < 4.78 is 5.79.